The first-order valence-electron chi connectivity index (χ1n) is 15.8. The monoisotopic (exact) mass is 515 g/mol. The lowest BCUT2D eigenvalue weighted by Gasteiger charge is -2.10. The zero-order valence-electron chi connectivity index (χ0n) is 24.8. The van der Waals surface area contributed by atoms with E-state index < -0.39 is 0 Å². The lowest BCUT2D eigenvalue weighted by atomic mass is 9.96. The largest absolute Gasteiger partial charge is 0.260 e. The molecule has 1 atom stereocenters. The van der Waals surface area contributed by atoms with Crippen LogP contribution >= 0.6 is 0 Å². The zero-order chi connectivity index (χ0) is 26.8. The predicted octanol–water partition coefficient (Wildman–Crippen LogP) is 9.73. The van der Waals surface area contributed by atoms with Gasteiger partial charge in [0, 0.05) is 6.42 Å². The van der Waals surface area contributed by atoms with Crippen LogP contribution < -0.4 is 4.57 Å². The van der Waals surface area contributed by atoms with Crippen LogP contribution in [0.3, 0.4) is 0 Å². The lowest BCUT2D eigenvalue weighted by Crippen LogP contribution is -2.37. The maximum atomic E-state index is 2.56. The lowest BCUT2D eigenvalue weighted by molar-refractivity contribution is -0.685. The van der Waals surface area contributed by atoms with Gasteiger partial charge in [0.2, 0.25) is 0 Å². The van der Waals surface area contributed by atoms with Crippen LogP contribution in [0.2, 0.25) is 0 Å². The normalized spacial score (nSPS) is 12.2. The van der Waals surface area contributed by atoms with E-state index in [1.54, 1.807) is 0 Å². The summed E-state index contributed by atoms with van der Waals surface area (Å²) in [6, 6.07) is 21.9. The van der Waals surface area contributed by atoms with Crippen molar-refractivity contribution in [2.75, 3.05) is 0 Å². The van der Waals surface area contributed by atoms with Gasteiger partial charge in [0.05, 0.1) is 20.0 Å². The smallest absolute Gasteiger partial charge is 0.234 e. The summed E-state index contributed by atoms with van der Waals surface area (Å²) in [7, 11) is 2.27. The molecule has 2 aromatic carbocycles. The highest BCUT2D eigenvalue weighted by Crippen LogP contribution is 2.20. The summed E-state index contributed by atoms with van der Waals surface area (Å²) < 4.78 is 5.02. The van der Waals surface area contributed by atoms with Crippen molar-refractivity contribution in [3.05, 3.63) is 89.5 Å². The van der Waals surface area contributed by atoms with E-state index in [2.05, 4.69) is 96.9 Å². The third kappa shape index (κ3) is 10.8. The number of imidazole rings is 1. The molecule has 0 fully saturated rings. The summed E-state index contributed by atoms with van der Waals surface area (Å²) in [5.41, 5.74) is 4.26. The molecular weight excluding hydrogens is 460 g/mol. The van der Waals surface area contributed by atoms with Gasteiger partial charge in [0.1, 0.15) is 11.9 Å². The van der Waals surface area contributed by atoms with E-state index in [4.69, 9.17) is 0 Å². The summed E-state index contributed by atoms with van der Waals surface area (Å²) >= 11 is 0. The van der Waals surface area contributed by atoms with Gasteiger partial charge < -0.3 is 0 Å². The molecule has 0 bridgehead atoms. The van der Waals surface area contributed by atoms with E-state index in [0.29, 0.717) is 5.92 Å². The second kappa shape index (κ2) is 18.0. The Morgan fingerprint density at radius 2 is 1.16 bits per heavy atom. The summed E-state index contributed by atoms with van der Waals surface area (Å²) in [4.78, 5) is 0. The molecule has 3 aromatic rings. The maximum Gasteiger partial charge on any atom is 0.260 e. The van der Waals surface area contributed by atoms with Crippen LogP contribution in [0.1, 0.15) is 132 Å². The zero-order valence-corrected chi connectivity index (χ0v) is 24.8. The Labute approximate surface area is 234 Å². The Morgan fingerprint density at radius 1 is 0.658 bits per heavy atom. The Morgan fingerprint density at radius 3 is 1.71 bits per heavy atom. The van der Waals surface area contributed by atoms with Crippen LogP contribution in [-0.2, 0) is 26.4 Å². The molecule has 1 heterocycles. The number of aromatic nitrogens is 2. The minimum Gasteiger partial charge on any atom is -0.234 e. The number of benzene rings is 2. The molecule has 0 saturated carbocycles. The van der Waals surface area contributed by atoms with Gasteiger partial charge in [-0.25, -0.2) is 9.13 Å². The first-order valence-corrected chi connectivity index (χ1v) is 15.8. The van der Waals surface area contributed by atoms with Crippen LogP contribution in [0.25, 0.3) is 0 Å². The van der Waals surface area contributed by atoms with E-state index in [1.165, 1.54) is 113 Å². The standard InChI is InChI=1S/C36H55N2/c1-4-5-6-7-8-9-10-11-12-13-14-15-16-23-28-38-31-35(29-32(2)34-26-21-18-22-27-34)37(3)36(38)30-33-24-19-17-20-25-33/h17-22,24-27,31-32H,4-16,23,28-30H2,1-3H3/q+1. The Hall–Kier alpha value is -2.35. The first kappa shape index (κ1) is 30.2. The molecule has 0 aliphatic carbocycles. The van der Waals surface area contributed by atoms with Crippen molar-refractivity contribution in [3.63, 3.8) is 0 Å². The fourth-order valence-corrected chi connectivity index (χ4v) is 5.77. The third-order valence-electron chi connectivity index (χ3n) is 8.30. The first-order chi connectivity index (χ1) is 18.7. The van der Waals surface area contributed by atoms with Crippen LogP contribution in [-0.4, -0.2) is 4.57 Å². The molecule has 2 nitrogen and oxygen atoms in total. The molecule has 2 heteroatoms. The van der Waals surface area contributed by atoms with Crippen molar-refractivity contribution in [2.24, 2.45) is 7.05 Å². The van der Waals surface area contributed by atoms with Gasteiger partial charge in [-0.2, -0.15) is 0 Å². The average molecular weight is 516 g/mol. The predicted molar refractivity (Wildman–Crippen MR) is 164 cm³/mol. The highest BCUT2D eigenvalue weighted by atomic mass is 15.1. The second-order valence-electron chi connectivity index (χ2n) is 11.6. The molecule has 38 heavy (non-hydrogen) atoms. The summed E-state index contributed by atoms with van der Waals surface area (Å²) in [6.07, 6.45) is 24.3. The summed E-state index contributed by atoms with van der Waals surface area (Å²) in [5.74, 6) is 1.95. The molecule has 0 aliphatic rings. The van der Waals surface area contributed by atoms with Gasteiger partial charge in [0.25, 0.3) is 5.82 Å². The summed E-state index contributed by atoms with van der Waals surface area (Å²) in [6.45, 7) is 5.79. The van der Waals surface area contributed by atoms with Gasteiger partial charge in [-0.3, -0.25) is 0 Å². The topological polar surface area (TPSA) is 8.81 Å². The Kier molecular flexibility index (Phi) is 14.3. The van der Waals surface area contributed by atoms with Crippen molar-refractivity contribution in [1.29, 1.82) is 0 Å². The molecule has 3 rings (SSSR count). The Bertz CT molecular complexity index is 989. The van der Waals surface area contributed by atoms with Crippen molar-refractivity contribution < 1.29 is 4.57 Å². The fraction of sp³-hybridized carbons (Fsp3) is 0.583. The molecule has 0 saturated heterocycles. The van der Waals surface area contributed by atoms with E-state index in [9.17, 15) is 0 Å². The van der Waals surface area contributed by atoms with E-state index in [1.807, 2.05) is 0 Å². The average Bonchev–Trinajstić information content (AvgIpc) is 3.23. The van der Waals surface area contributed by atoms with Crippen molar-refractivity contribution in [1.82, 2.24) is 4.57 Å². The van der Waals surface area contributed by atoms with E-state index in [0.717, 1.165) is 19.4 Å². The highest BCUT2D eigenvalue weighted by molar-refractivity contribution is 5.21. The van der Waals surface area contributed by atoms with Crippen molar-refractivity contribution in [3.8, 4) is 0 Å². The molecule has 1 aromatic heterocycles. The minimum atomic E-state index is 0.517. The number of unbranched alkanes of at least 4 members (excludes halogenated alkanes) is 13. The summed E-state index contributed by atoms with van der Waals surface area (Å²) in [5, 5.41) is 0. The number of hydrogen-bond acceptors (Lipinski definition) is 0. The second-order valence-corrected chi connectivity index (χ2v) is 11.6. The SMILES string of the molecule is CCCCCCCCCCCCCCCCn1cc(CC(C)c2ccccc2)[n+](C)c1Cc1ccccc1. The van der Waals surface area contributed by atoms with E-state index >= 15 is 0 Å². The molecule has 0 radical (unpaired) electrons. The van der Waals surface area contributed by atoms with Crippen LogP contribution in [0.15, 0.2) is 66.9 Å². The maximum absolute atomic E-state index is 2.56. The van der Waals surface area contributed by atoms with Crippen molar-refractivity contribution >= 4 is 0 Å². The molecule has 0 spiro atoms. The molecule has 208 valence electrons. The fourth-order valence-electron chi connectivity index (χ4n) is 5.77. The quantitative estimate of drug-likeness (QED) is 0.105. The third-order valence-corrected chi connectivity index (χ3v) is 8.30. The molecule has 0 N–H and O–H groups in total. The van der Waals surface area contributed by atoms with Crippen molar-refractivity contribution in [2.45, 2.75) is 129 Å². The van der Waals surface area contributed by atoms with E-state index in [-0.39, 0.29) is 0 Å². The number of aryl methyl sites for hydroxylation is 1. The van der Waals surface area contributed by atoms with Gasteiger partial charge in [-0.15, -0.1) is 0 Å². The Balaban J connectivity index is 1.43. The number of rotatable bonds is 20. The number of hydrogen-bond donors (Lipinski definition) is 0. The van der Waals surface area contributed by atoms with Crippen LogP contribution in [0, 0.1) is 0 Å². The molecule has 0 aliphatic heterocycles. The minimum absolute atomic E-state index is 0.517. The van der Waals surface area contributed by atoms with Gasteiger partial charge in [-0.05, 0) is 29.9 Å². The van der Waals surface area contributed by atoms with Gasteiger partial charge >= 0.3 is 0 Å². The highest BCUT2D eigenvalue weighted by Gasteiger charge is 2.22. The van der Waals surface area contributed by atoms with Gasteiger partial charge in [-0.1, -0.05) is 152 Å². The molecule has 0 amide bonds. The molecular formula is C36H55N2+. The van der Waals surface area contributed by atoms with Crippen LogP contribution in [0.5, 0.6) is 0 Å². The van der Waals surface area contributed by atoms with Gasteiger partial charge in [0.15, 0.2) is 0 Å². The number of nitrogens with zero attached hydrogens (tertiary/aromatic N) is 2. The molecule has 1 unspecified atom stereocenters. The van der Waals surface area contributed by atoms with Crippen LogP contribution in [0.4, 0.5) is 0 Å².